The van der Waals surface area contributed by atoms with Crippen LogP contribution in [0.1, 0.15) is 38.5 Å². The molecule has 2 aliphatic rings. The van der Waals surface area contributed by atoms with Crippen molar-refractivity contribution in [3.05, 3.63) is 0 Å². The molecule has 1 aliphatic heterocycles. The Morgan fingerprint density at radius 1 is 1.39 bits per heavy atom. The van der Waals surface area contributed by atoms with Crippen LogP contribution in [0.2, 0.25) is 0 Å². The van der Waals surface area contributed by atoms with Gasteiger partial charge in [0.05, 0.1) is 5.92 Å². The molecule has 18 heavy (non-hydrogen) atoms. The first kappa shape index (κ1) is 14.3. The molecule has 4 heteroatoms. The zero-order chi connectivity index (χ0) is 13.0. The highest BCUT2D eigenvalue weighted by Crippen LogP contribution is 2.40. The molecule has 0 spiro atoms. The van der Waals surface area contributed by atoms with Gasteiger partial charge in [0.15, 0.2) is 0 Å². The summed E-state index contributed by atoms with van der Waals surface area (Å²) < 4.78 is 0. The van der Waals surface area contributed by atoms with Crippen LogP contribution in [0.25, 0.3) is 0 Å². The van der Waals surface area contributed by atoms with Gasteiger partial charge in [0.2, 0.25) is 5.91 Å². The number of likely N-dealkylation sites (tertiary alicyclic amines) is 1. The molecule has 0 bridgehead atoms. The van der Waals surface area contributed by atoms with E-state index in [0.29, 0.717) is 5.41 Å². The first-order valence-electron chi connectivity index (χ1n) is 7.19. The number of carbonyl (C=O) groups is 1. The van der Waals surface area contributed by atoms with Gasteiger partial charge in [-0.25, -0.2) is 0 Å². The Hall–Kier alpha value is -0.0900. The smallest absolute Gasteiger partial charge is 0.224 e. The molecular weight excluding hydrogens is 292 g/mol. The normalized spacial score (nSPS) is 28.2. The average Bonchev–Trinajstić information content (AvgIpc) is 2.87. The number of halogens is 1. The molecule has 1 saturated heterocycles. The number of hydrogen-bond acceptors (Lipinski definition) is 2. The quantitative estimate of drug-likeness (QED) is 0.808. The Morgan fingerprint density at radius 2 is 2.11 bits per heavy atom. The number of nitrogens with one attached hydrogen (secondary N) is 1. The van der Waals surface area contributed by atoms with E-state index in [0.717, 1.165) is 24.7 Å². The maximum atomic E-state index is 11.8. The van der Waals surface area contributed by atoms with Gasteiger partial charge in [-0.2, -0.15) is 0 Å². The lowest BCUT2D eigenvalue weighted by Crippen LogP contribution is -2.46. The summed E-state index contributed by atoms with van der Waals surface area (Å²) in [6.45, 7) is 3.29. The zero-order valence-electron chi connectivity index (χ0n) is 11.4. The summed E-state index contributed by atoms with van der Waals surface area (Å²) in [5, 5.41) is 3.91. The molecule has 2 fully saturated rings. The third kappa shape index (κ3) is 3.27. The predicted molar refractivity (Wildman–Crippen MR) is 77.9 cm³/mol. The summed E-state index contributed by atoms with van der Waals surface area (Å²) in [7, 11) is 1.75. The fourth-order valence-electron chi connectivity index (χ4n) is 3.55. The molecule has 1 saturated carbocycles. The SMILES string of the molecule is CNC(=O)C1CCCN(CC2(CBr)CCCC2)C1. The van der Waals surface area contributed by atoms with Gasteiger partial charge in [-0.15, -0.1) is 0 Å². The maximum absolute atomic E-state index is 11.8. The van der Waals surface area contributed by atoms with Gasteiger partial charge in [0.1, 0.15) is 0 Å². The van der Waals surface area contributed by atoms with E-state index in [4.69, 9.17) is 0 Å². The summed E-state index contributed by atoms with van der Waals surface area (Å²) in [4.78, 5) is 14.3. The van der Waals surface area contributed by atoms with Crippen molar-refractivity contribution in [2.75, 3.05) is 32.0 Å². The van der Waals surface area contributed by atoms with Crippen molar-refractivity contribution in [2.45, 2.75) is 38.5 Å². The molecule has 0 aromatic carbocycles. The summed E-state index contributed by atoms with van der Waals surface area (Å²) >= 11 is 3.71. The van der Waals surface area contributed by atoms with Crippen LogP contribution in [-0.4, -0.2) is 42.8 Å². The van der Waals surface area contributed by atoms with Gasteiger partial charge >= 0.3 is 0 Å². The third-order valence-corrected chi connectivity index (χ3v) is 5.82. The Bertz CT molecular complexity index is 290. The van der Waals surface area contributed by atoms with Gasteiger partial charge < -0.3 is 10.2 Å². The summed E-state index contributed by atoms with van der Waals surface area (Å²) in [6, 6.07) is 0. The minimum Gasteiger partial charge on any atom is -0.359 e. The Kier molecular flexibility index (Phi) is 5.07. The highest BCUT2D eigenvalue weighted by atomic mass is 79.9. The van der Waals surface area contributed by atoms with E-state index >= 15 is 0 Å². The standard InChI is InChI=1S/C14H25BrN2O/c1-16-13(18)12-5-4-8-17(9-12)11-14(10-15)6-2-3-7-14/h12H,2-11H2,1H3,(H,16,18). The topological polar surface area (TPSA) is 32.3 Å². The number of piperidine rings is 1. The minimum absolute atomic E-state index is 0.206. The van der Waals surface area contributed by atoms with Gasteiger partial charge in [-0.05, 0) is 37.6 Å². The molecule has 2 rings (SSSR count). The highest BCUT2D eigenvalue weighted by Gasteiger charge is 2.36. The molecule has 1 unspecified atom stereocenters. The molecule has 104 valence electrons. The molecule has 0 aromatic rings. The molecule has 1 heterocycles. The second-order valence-electron chi connectivity index (χ2n) is 6.03. The van der Waals surface area contributed by atoms with E-state index in [2.05, 4.69) is 26.1 Å². The fraction of sp³-hybridized carbons (Fsp3) is 0.929. The van der Waals surface area contributed by atoms with Crippen LogP contribution in [0.3, 0.4) is 0 Å². The molecule has 1 aliphatic carbocycles. The van der Waals surface area contributed by atoms with Crippen molar-refractivity contribution in [3.8, 4) is 0 Å². The summed E-state index contributed by atoms with van der Waals surface area (Å²) in [5.74, 6) is 0.427. The van der Waals surface area contributed by atoms with E-state index in [9.17, 15) is 4.79 Å². The monoisotopic (exact) mass is 316 g/mol. The van der Waals surface area contributed by atoms with E-state index in [-0.39, 0.29) is 11.8 Å². The summed E-state index contributed by atoms with van der Waals surface area (Å²) in [6.07, 6.45) is 7.66. The molecule has 3 nitrogen and oxygen atoms in total. The van der Waals surface area contributed by atoms with E-state index in [1.807, 2.05) is 0 Å². The van der Waals surface area contributed by atoms with Crippen LogP contribution < -0.4 is 5.32 Å². The summed E-state index contributed by atoms with van der Waals surface area (Å²) in [5.41, 5.74) is 0.477. The average molecular weight is 317 g/mol. The second kappa shape index (κ2) is 6.38. The van der Waals surface area contributed by atoms with Crippen LogP contribution in [0.5, 0.6) is 0 Å². The molecule has 1 atom stereocenters. The zero-order valence-corrected chi connectivity index (χ0v) is 13.0. The molecule has 1 amide bonds. The van der Waals surface area contributed by atoms with Crippen LogP contribution in [0.4, 0.5) is 0 Å². The van der Waals surface area contributed by atoms with Gasteiger partial charge in [0, 0.05) is 25.5 Å². The highest BCUT2D eigenvalue weighted by molar-refractivity contribution is 9.09. The van der Waals surface area contributed by atoms with Gasteiger partial charge in [-0.1, -0.05) is 28.8 Å². The lowest BCUT2D eigenvalue weighted by Gasteiger charge is -2.38. The lowest BCUT2D eigenvalue weighted by molar-refractivity contribution is -0.126. The Labute approximate surface area is 119 Å². The van der Waals surface area contributed by atoms with Crippen LogP contribution >= 0.6 is 15.9 Å². The van der Waals surface area contributed by atoms with Crippen molar-refractivity contribution in [1.29, 1.82) is 0 Å². The number of carbonyl (C=O) groups excluding carboxylic acids is 1. The Balaban J connectivity index is 1.90. The molecular formula is C14H25BrN2O. The fourth-order valence-corrected chi connectivity index (χ4v) is 4.29. The van der Waals surface area contributed by atoms with Crippen LogP contribution in [0, 0.1) is 11.3 Å². The number of hydrogen-bond donors (Lipinski definition) is 1. The predicted octanol–water partition coefficient (Wildman–Crippen LogP) is 2.40. The van der Waals surface area contributed by atoms with Gasteiger partial charge in [0.25, 0.3) is 0 Å². The van der Waals surface area contributed by atoms with Crippen molar-refractivity contribution in [1.82, 2.24) is 10.2 Å². The van der Waals surface area contributed by atoms with Crippen molar-refractivity contribution in [3.63, 3.8) is 0 Å². The van der Waals surface area contributed by atoms with E-state index in [1.165, 1.54) is 38.8 Å². The third-order valence-electron chi connectivity index (χ3n) is 4.63. The number of amides is 1. The second-order valence-corrected chi connectivity index (χ2v) is 6.59. The number of nitrogens with zero attached hydrogens (tertiary/aromatic N) is 1. The molecule has 1 N–H and O–H groups in total. The maximum Gasteiger partial charge on any atom is 0.224 e. The minimum atomic E-state index is 0.206. The van der Waals surface area contributed by atoms with E-state index < -0.39 is 0 Å². The first-order chi connectivity index (χ1) is 8.69. The molecule has 0 aromatic heterocycles. The molecule has 0 radical (unpaired) electrons. The van der Waals surface area contributed by atoms with Crippen molar-refractivity contribution in [2.24, 2.45) is 11.3 Å². The Morgan fingerprint density at radius 3 is 2.72 bits per heavy atom. The van der Waals surface area contributed by atoms with E-state index in [1.54, 1.807) is 7.05 Å². The first-order valence-corrected chi connectivity index (χ1v) is 8.31. The lowest BCUT2D eigenvalue weighted by atomic mass is 9.86. The van der Waals surface area contributed by atoms with Gasteiger partial charge in [-0.3, -0.25) is 4.79 Å². The van der Waals surface area contributed by atoms with Crippen LogP contribution in [-0.2, 0) is 4.79 Å². The largest absolute Gasteiger partial charge is 0.359 e. The van der Waals surface area contributed by atoms with Crippen molar-refractivity contribution >= 4 is 21.8 Å². The van der Waals surface area contributed by atoms with Crippen molar-refractivity contribution < 1.29 is 4.79 Å². The number of rotatable bonds is 4. The van der Waals surface area contributed by atoms with Crippen LogP contribution in [0.15, 0.2) is 0 Å². The number of alkyl halides is 1.